The van der Waals surface area contributed by atoms with Crippen LogP contribution in [0.25, 0.3) is 0 Å². The Morgan fingerprint density at radius 3 is 2.53 bits per heavy atom. The molecule has 1 saturated heterocycles. The van der Waals surface area contributed by atoms with E-state index >= 15 is 0 Å². The van der Waals surface area contributed by atoms with Gasteiger partial charge in [0.05, 0.1) is 23.1 Å². The molecule has 1 aliphatic rings. The van der Waals surface area contributed by atoms with E-state index in [1.807, 2.05) is 38.5 Å². The highest BCUT2D eigenvalue weighted by Crippen LogP contribution is 2.28. The van der Waals surface area contributed by atoms with Crippen LogP contribution in [0.15, 0.2) is 42.9 Å². The maximum atomic E-state index is 12.8. The third kappa shape index (κ3) is 7.01. The van der Waals surface area contributed by atoms with Gasteiger partial charge >= 0.3 is 0 Å². The Labute approximate surface area is 235 Å². The third-order valence-electron chi connectivity index (χ3n) is 7.54. The molecule has 1 N–H and O–H groups in total. The summed E-state index contributed by atoms with van der Waals surface area (Å²) in [5.74, 6) is -0.0898. The standard InChI is InChI=1S/C29H36Cl2N6O/c1-19-7-11-32-16-23(19)18-37(25-5-6-26(30)34-17-25)24-9-13-36(14-10-24)21(3)8-12-33-29(38)28-20(2)15-27(31)35-22(28)4/h5-7,11,15-17,21,24H,8-10,12-14,18H2,1-4H3,(H,33,38). The fourth-order valence-corrected chi connectivity index (χ4v) is 5.65. The molecule has 1 aliphatic heterocycles. The average molecular weight is 556 g/mol. The van der Waals surface area contributed by atoms with E-state index in [1.165, 1.54) is 11.1 Å². The lowest BCUT2D eigenvalue weighted by Gasteiger charge is -2.42. The van der Waals surface area contributed by atoms with Crippen molar-refractivity contribution in [2.45, 2.75) is 65.6 Å². The molecule has 202 valence electrons. The van der Waals surface area contributed by atoms with Gasteiger partial charge in [-0.15, -0.1) is 0 Å². The highest BCUT2D eigenvalue weighted by atomic mass is 35.5. The number of pyridine rings is 3. The average Bonchev–Trinajstić information content (AvgIpc) is 2.88. The van der Waals surface area contributed by atoms with Crippen molar-refractivity contribution in [3.63, 3.8) is 0 Å². The number of aryl methyl sites for hydroxylation is 3. The number of hydrogen-bond acceptors (Lipinski definition) is 6. The number of piperidine rings is 1. The summed E-state index contributed by atoms with van der Waals surface area (Å²) >= 11 is 12.1. The van der Waals surface area contributed by atoms with Gasteiger partial charge in [-0.05, 0) is 87.9 Å². The smallest absolute Gasteiger partial charge is 0.253 e. The van der Waals surface area contributed by atoms with Crippen molar-refractivity contribution in [3.8, 4) is 0 Å². The van der Waals surface area contributed by atoms with Crippen LogP contribution in [0.1, 0.15) is 58.9 Å². The van der Waals surface area contributed by atoms with Crippen molar-refractivity contribution in [2.24, 2.45) is 0 Å². The minimum Gasteiger partial charge on any atom is -0.363 e. The summed E-state index contributed by atoms with van der Waals surface area (Å²) in [5.41, 5.74) is 5.65. The van der Waals surface area contributed by atoms with Crippen molar-refractivity contribution in [1.29, 1.82) is 0 Å². The van der Waals surface area contributed by atoms with Crippen molar-refractivity contribution in [2.75, 3.05) is 24.5 Å². The lowest BCUT2D eigenvalue weighted by Crippen LogP contribution is -2.48. The number of amides is 1. The van der Waals surface area contributed by atoms with Gasteiger partial charge in [0.1, 0.15) is 10.3 Å². The Bertz CT molecular complexity index is 1220. The lowest BCUT2D eigenvalue weighted by atomic mass is 9.99. The predicted molar refractivity (Wildman–Crippen MR) is 154 cm³/mol. The second-order valence-corrected chi connectivity index (χ2v) is 10.9. The predicted octanol–water partition coefficient (Wildman–Crippen LogP) is 5.78. The van der Waals surface area contributed by atoms with Gasteiger partial charge < -0.3 is 15.1 Å². The van der Waals surface area contributed by atoms with Crippen LogP contribution in [0.3, 0.4) is 0 Å². The van der Waals surface area contributed by atoms with E-state index in [0.29, 0.717) is 40.2 Å². The van der Waals surface area contributed by atoms with E-state index in [0.717, 1.165) is 50.1 Å². The van der Waals surface area contributed by atoms with Crippen LogP contribution < -0.4 is 10.2 Å². The van der Waals surface area contributed by atoms with Crippen LogP contribution in [0, 0.1) is 20.8 Å². The molecule has 0 radical (unpaired) electrons. The zero-order chi connectivity index (χ0) is 27.2. The summed E-state index contributed by atoms with van der Waals surface area (Å²) < 4.78 is 0. The maximum Gasteiger partial charge on any atom is 0.253 e. The van der Waals surface area contributed by atoms with Gasteiger partial charge in [0, 0.05) is 50.7 Å². The number of hydrogen-bond donors (Lipinski definition) is 1. The SMILES string of the molecule is Cc1ccncc1CN(c1ccc(Cl)nc1)C1CCN(C(C)CCNC(=O)c2c(C)cc(Cl)nc2C)CC1. The van der Waals surface area contributed by atoms with Crippen LogP contribution in [-0.4, -0.2) is 57.5 Å². The van der Waals surface area contributed by atoms with Crippen molar-refractivity contribution < 1.29 is 4.79 Å². The molecule has 3 aromatic heterocycles. The molecule has 0 spiro atoms. The van der Waals surface area contributed by atoms with Crippen LogP contribution in [0.4, 0.5) is 5.69 Å². The number of carbonyl (C=O) groups excluding carboxylic acids is 1. The summed E-state index contributed by atoms with van der Waals surface area (Å²) in [6.45, 7) is 11.5. The minimum atomic E-state index is -0.0898. The van der Waals surface area contributed by atoms with Gasteiger partial charge in [-0.25, -0.2) is 9.97 Å². The van der Waals surface area contributed by atoms with Crippen LogP contribution >= 0.6 is 23.2 Å². The first-order valence-corrected chi connectivity index (χ1v) is 13.9. The molecule has 1 amide bonds. The summed E-state index contributed by atoms with van der Waals surface area (Å²) in [6, 6.07) is 8.46. The number of likely N-dealkylation sites (tertiary alicyclic amines) is 1. The van der Waals surface area contributed by atoms with Crippen molar-refractivity contribution in [3.05, 3.63) is 81.1 Å². The Hall–Kier alpha value is -2.74. The number of carbonyl (C=O) groups is 1. The summed E-state index contributed by atoms with van der Waals surface area (Å²) in [5, 5.41) is 3.99. The van der Waals surface area contributed by atoms with Gasteiger partial charge in [-0.1, -0.05) is 23.2 Å². The molecule has 4 rings (SSSR count). The van der Waals surface area contributed by atoms with E-state index in [4.69, 9.17) is 23.2 Å². The normalized spacial score (nSPS) is 15.3. The Balaban J connectivity index is 1.33. The van der Waals surface area contributed by atoms with Crippen LogP contribution in [0.5, 0.6) is 0 Å². The first-order chi connectivity index (χ1) is 18.2. The molecule has 0 aromatic carbocycles. The summed E-state index contributed by atoms with van der Waals surface area (Å²) in [4.78, 5) is 30.7. The van der Waals surface area contributed by atoms with Gasteiger partial charge in [0.15, 0.2) is 0 Å². The number of rotatable bonds is 9. The molecule has 1 fully saturated rings. The molecule has 4 heterocycles. The molecule has 0 aliphatic carbocycles. The van der Waals surface area contributed by atoms with Crippen molar-refractivity contribution in [1.82, 2.24) is 25.2 Å². The van der Waals surface area contributed by atoms with Gasteiger partial charge in [-0.3, -0.25) is 9.78 Å². The molecule has 1 atom stereocenters. The summed E-state index contributed by atoms with van der Waals surface area (Å²) in [6.07, 6.45) is 8.64. The molecule has 3 aromatic rings. The van der Waals surface area contributed by atoms with Crippen LogP contribution in [0.2, 0.25) is 10.3 Å². The molecule has 7 nitrogen and oxygen atoms in total. The van der Waals surface area contributed by atoms with E-state index in [9.17, 15) is 4.79 Å². The lowest BCUT2D eigenvalue weighted by molar-refractivity contribution is 0.0943. The second kappa shape index (κ2) is 12.9. The van der Waals surface area contributed by atoms with E-state index in [2.05, 4.69) is 56.0 Å². The largest absolute Gasteiger partial charge is 0.363 e. The Kier molecular flexibility index (Phi) is 9.58. The maximum absolute atomic E-state index is 12.8. The molecule has 0 saturated carbocycles. The number of nitrogens with one attached hydrogen (secondary N) is 1. The number of nitrogens with zero attached hydrogens (tertiary/aromatic N) is 5. The van der Waals surface area contributed by atoms with Gasteiger partial charge in [0.25, 0.3) is 5.91 Å². The summed E-state index contributed by atoms with van der Waals surface area (Å²) in [7, 11) is 0. The fourth-order valence-electron chi connectivity index (χ4n) is 5.25. The zero-order valence-corrected chi connectivity index (χ0v) is 24.1. The van der Waals surface area contributed by atoms with Crippen molar-refractivity contribution >= 4 is 34.8 Å². The molecular formula is C29H36Cl2N6O. The number of halogens is 2. The zero-order valence-electron chi connectivity index (χ0n) is 22.5. The van der Waals surface area contributed by atoms with E-state index in [1.54, 1.807) is 6.07 Å². The molecule has 0 bridgehead atoms. The Morgan fingerprint density at radius 2 is 1.87 bits per heavy atom. The number of aromatic nitrogens is 3. The topological polar surface area (TPSA) is 74.2 Å². The third-order valence-corrected chi connectivity index (χ3v) is 7.95. The minimum absolute atomic E-state index is 0.0898. The van der Waals surface area contributed by atoms with Gasteiger partial charge in [-0.2, -0.15) is 0 Å². The second-order valence-electron chi connectivity index (χ2n) is 10.2. The Morgan fingerprint density at radius 1 is 1.11 bits per heavy atom. The first-order valence-electron chi connectivity index (χ1n) is 13.2. The van der Waals surface area contributed by atoms with E-state index < -0.39 is 0 Å². The molecule has 1 unspecified atom stereocenters. The van der Waals surface area contributed by atoms with E-state index in [-0.39, 0.29) is 5.91 Å². The first kappa shape index (κ1) is 28.3. The highest BCUT2D eigenvalue weighted by Gasteiger charge is 2.28. The molecule has 38 heavy (non-hydrogen) atoms. The molecule has 9 heteroatoms. The monoisotopic (exact) mass is 554 g/mol. The van der Waals surface area contributed by atoms with Gasteiger partial charge in [0.2, 0.25) is 0 Å². The highest BCUT2D eigenvalue weighted by molar-refractivity contribution is 6.29. The fraction of sp³-hybridized carbons (Fsp3) is 0.448. The molecular weight excluding hydrogens is 519 g/mol. The van der Waals surface area contributed by atoms with Crippen LogP contribution in [-0.2, 0) is 6.54 Å². The number of anilines is 1. The quantitative estimate of drug-likeness (QED) is 0.338.